The summed E-state index contributed by atoms with van der Waals surface area (Å²) >= 11 is 1.73. The molecule has 0 fully saturated rings. The lowest BCUT2D eigenvalue weighted by atomic mass is 10.2. The number of hydrogen-bond acceptors (Lipinski definition) is 4. The Hall–Kier alpha value is -1.20. The van der Waals surface area contributed by atoms with Gasteiger partial charge in [-0.3, -0.25) is 0 Å². The second-order valence-electron chi connectivity index (χ2n) is 3.89. The molecule has 1 unspecified atom stereocenters. The molecule has 0 saturated heterocycles. The number of rotatable bonds is 5. The number of thiazole rings is 1. The van der Waals surface area contributed by atoms with Gasteiger partial charge in [0.2, 0.25) is 0 Å². The van der Waals surface area contributed by atoms with E-state index in [1.54, 1.807) is 17.5 Å². The number of nitrogens with zero attached hydrogens (tertiary/aromatic N) is 2. The Morgan fingerprint density at radius 1 is 1.56 bits per heavy atom. The lowest BCUT2D eigenvalue weighted by Gasteiger charge is -2.08. The number of nitrogens with one attached hydrogen (secondary N) is 2. The summed E-state index contributed by atoms with van der Waals surface area (Å²) in [4.78, 5) is 11.7. The fourth-order valence-corrected chi connectivity index (χ4v) is 2.34. The van der Waals surface area contributed by atoms with E-state index in [9.17, 15) is 0 Å². The SMILES string of the molecule is Cc1csc(C(C)CNCc2ncc[nH]2)n1. The molecule has 4 nitrogen and oxygen atoms in total. The zero-order valence-electron chi connectivity index (χ0n) is 9.53. The molecule has 0 saturated carbocycles. The topological polar surface area (TPSA) is 53.6 Å². The van der Waals surface area contributed by atoms with E-state index in [4.69, 9.17) is 0 Å². The number of hydrogen-bond donors (Lipinski definition) is 2. The van der Waals surface area contributed by atoms with E-state index in [-0.39, 0.29) is 0 Å². The highest BCUT2D eigenvalue weighted by atomic mass is 32.1. The summed E-state index contributed by atoms with van der Waals surface area (Å²) in [5.41, 5.74) is 1.11. The maximum Gasteiger partial charge on any atom is 0.120 e. The van der Waals surface area contributed by atoms with Crippen LogP contribution in [0.5, 0.6) is 0 Å². The van der Waals surface area contributed by atoms with Gasteiger partial charge in [-0.15, -0.1) is 11.3 Å². The lowest BCUT2D eigenvalue weighted by Crippen LogP contribution is -2.20. The van der Waals surface area contributed by atoms with Crippen molar-refractivity contribution in [1.29, 1.82) is 0 Å². The lowest BCUT2D eigenvalue weighted by molar-refractivity contribution is 0.600. The van der Waals surface area contributed by atoms with Crippen LogP contribution in [0.2, 0.25) is 0 Å². The summed E-state index contributed by atoms with van der Waals surface area (Å²) < 4.78 is 0. The molecule has 0 aromatic carbocycles. The molecule has 0 radical (unpaired) electrons. The van der Waals surface area contributed by atoms with Crippen LogP contribution >= 0.6 is 11.3 Å². The van der Waals surface area contributed by atoms with Crippen molar-refractivity contribution in [2.24, 2.45) is 0 Å². The fourth-order valence-electron chi connectivity index (χ4n) is 1.49. The minimum absolute atomic E-state index is 0.452. The van der Waals surface area contributed by atoms with Crippen LogP contribution < -0.4 is 5.32 Å². The second kappa shape index (κ2) is 5.23. The predicted octanol–water partition coefficient (Wildman–Crippen LogP) is 2.07. The van der Waals surface area contributed by atoms with Crippen molar-refractivity contribution in [2.75, 3.05) is 6.54 Å². The number of H-pyrrole nitrogens is 1. The van der Waals surface area contributed by atoms with Crippen molar-refractivity contribution in [3.05, 3.63) is 34.3 Å². The van der Waals surface area contributed by atoms with Gasteiger partial charge in [-0.25, -0.2) is 9.97 Å². The van der Waals surface area contributed by atoms with Crippen LogP contribution in [0, 0.1) is 6.92 Å². The summed E-state index contributed by atoms with van der Waals surface area (Å²) in [6, 6.07) is 0. The minimum Gasteiger partial charge on any atom is -0.348 e. The van der Waals surface area contributed by atoms with Gasteiger partial charge in [-0.1, -0.05) is 6.92 Å². The monoisotopic (exact) mass is 236 g/mol. The number of imidazole rings is 1. The molecule has 1 atom stereocenters. The van der Waals surface area contributed by atoms with Gasteiger partial charge >= 0.3 is 0 Å². The first-order chi connectivity index (χ1) is 7.75. The quantitative estimate of drug-likeness (QED) is 0.835. The van der Waals surface area contributed by atoms with Gasteiger partial charge < -0.3 is 10.3 Å². The van der Waals surface area contributed by atoms with Crippen LogP contribution in [0.4, 0.5) is 0 Å². The fraction of sp³-hybridized carbons (Fsp3) is 0.455. The van der Waals surface area contributed by atoms with Gasteiger partial charge in [0.15, 0.2) is 0 Å². The largest absolute Gasteiger partial charge is 0.348 e. The molecule has 2 aromatic rings. The zero-order valence-corrected chi connectivity index (χ0v) is 10.3. The molecule has 2 heterocycles. The maximum absolute atomic E-state index is 4.48. The number of aromatic amines is 1. The van der Waals surface area contributed by atoms with Crippen LogP contribution in [0.15, 0.2) is 17.8 Å². The molecule has 0 aliphatic rings. The molecule has 0 bridgehead atoms. The predicted molar refractivity (Wildman–Crippen MR) is 65.6 cm³/mol. The van der Waals surface area contributed by atoms with Gasteiger partial charge in [0.25, 0.3) is 0 Å². The van der Waals surface area contributed by atoms with Crippen LogP contribution in [0.1, 0.15) is 29.4 Å². The first-order valence-corrected chi connectivity index (χ1v) is 6.24. The Morgan fingerprint density at radius 2 is 2.44 bits per heavy atom. The summed E-state index contributed by atoms with van der Waals surface area (Å²) in [5.74, 6) is 1.43. The third-order valence-corrected chi connectivity index (χ3v) is 3.55. The molecule has 0 aliphatic heterocycles. The molecule has 0 aliphatic carbocycles. The van der Waals surface area contributed by atoms with Crippen molar-refractivity contribution in [3.63, 3.8) is 0 Å². The molecule has 0 amide bonds. The highest BCUT2D eigenvalue weighted by Crippen LogP contribution is 2.18. The maximum atomic E-state index is 4.48. The van der Waals surface area contributed by atoms with Crippen LogP contribution in [-0.4, -0.2) is 21.5 Å². The molecule has 86 valence electrons. The van der Waals surface area contributed by atoms with E-state index in [0.717, 1.165) is 24.6 Å². The molecular formula is C11H16N4S. The average Bonchev–Trinajstić information content (AvgIpc) is 2.89. The van der Waals surface area contributed by atoms with Gasteiger partial charge in [0, 0.05) is 35.9 Å². The summed E-state index contributed by atoms with van der Waals surface area (Å²) in [5, 5.41) is 6.66. The Balaban J connectivity index is 1.78. The van der Waals surface area contributed by atoms with E-state index in [1.807, 2.05) is 13.1 Å². The van der Waals surface area contributed by atoms with Crippen molar-refractivity contribution >= 4 is 11.3 Å². The molecular weight excluding hydrogens is 220 g/mol. The molecule has 5 heteroatoms. The first kappa shape index (κ1) is 11.3. The van der Waals surface area contributed by atoms with Gasteiger partial charge in [-0.05, 0) is 6.92 Å². The van der Waals surface area contributed by atoms with Crippen molar-refractivity contribution in [1.82, 2.24) is 20.3 Å². The Morgan fingerprint density at radius 3 is 3.06 bits per heavy atom. The summed E-state index contributed by atoms with van der Waals surface area (Å²) in [6.07, 6.45) is 3.61. The van der Waals surface area contributed by atoms with Crippen LogP contribution in [0.3, 0.4) is 0 Å². The van der Waals surface area contributed by atoms with Crippen molar-refractivity contribution < 1.29 is 0 Å². The standard InChI is InChI=1S/C11H16N4S/c1-8(11-15-9(2)7-16-11)5-12-6-10-13-3-4-14-10/h3-4,7-8,12H,5-6H2,1-2H3,(H,13,14). The van der Waals surface area contributed by atoms with Crippen LogP contribution in [-0.2, 0) is 6.54 Å². The highest BCUT2D eigenvalue weighted by Gasteiger charge is 2.08. The average molecular weight is 236 g/mol. The summed E-state index contributed by atoms with van der Waals surface area (Å²) in [7, 11) is 0. The molecule has 0 spiro atoms. The molecule has 2 N–H and O–H groups in total. The minimum atomic E-state index is 0.452. The third kappa shape index (κ3) is 2.90. The Kier molecular flexibility index (Phi) is 3.69. The Bertz CT molecular complexity index is 421. The van der Waals surface area contributed by atoms with Gasteiger partial charge in [0.05, 0.1) is 11.6 Å². The normalized spacial score (nSPS) is 12.9. The van der Waals surface area contributed by atoms with E-state index in [1.165, 1.54) is 5.01 Å². The second-order valence-corrected chi connectivity index (χ2v) is 4.78. The smallest absolute Gasteiger partial charge is 0.120 e. The molecule has 2 aromatic heterocycles. The highest BCUT2D eigenvalue weighted by molar-refractivity contribution is 7.09. The number of aromatic nitrogens is 3. The third-order valence-electron chi connectivity index (χ3n) is 2.36. The Labute approximate surface area is 99.2 Å². The van der Waals surface area contributed by atoms with E-state index in [2.05, 4.69) is 32.6 Å². The van der Waals surface area contributed by atoms with E-state index >= 15 is 0 Å². The number of aryl methyl sites for hydroxylation is 1. The van der Waals surface area contributed by atoms with Gasteiger partial charge in [-0.2, -0.15) is 0 Å². The van der Waals surface area contributed by atoms with E-state index < -0.39 is 0 Å². The molecule has 2 rings (SSSR count). The van der Waals surface area contributed by atoms with Crippen molar-refractivity contribution in [2.45, 2.75) is 26.3 Å². The summed E-state index contributed by atoms with van der Waals surface area (Å²) in [6.45, 7) is 5.92. The molecule has 16 heavy (non-hydrogen) atoms. The first-order valence-electron chi connectivity index (χ1n) is 5.36. The van der Waals surface area contributed by atoms with Gasteiger partial charge in [0.1, 0.15) is 5.82 Å². The van der Waals surface area contributed by atoms with Crippen molar-refractivity contribution in [3.8, 4) is 0 Å². The van der Waals surface area contributed by atoms with E-state index in [0.29, 0.717) is 5.92 Å². The van der Waals surface area contributed by atoms with Crippen LogP contribution in [0.25, 0.3) is 0 Å². The zero-order chi connectivity index (χ0) is 11.4.